The minimum Gasteiger partial charge on any atom is -0.497 e. The number of amides is 1. The third-order valence-corrected chi connectivity index (χ3v) is 6.94. The molecule has 0 radical (unpaired) electrons. The van der Waals surface area contributed by atoms with Crippen molar-refractivity contribution in [3.8, 4) is 5.75 Å². The summed E-state index contributed by atoms with van der Waals surface area (Å²) in [6.45, 7) is 8.70. The highest BCUT2D eigenvalue weighted by atomic mass is 35.5. The standard InChI is InChI=1S/C26H34ClN3O2/c1-18(2)10-11-28-26(31)23-14-20-6-9-22(32-3)15-24(20)30-13-12-29(17-25(23)30)16-19-4-7-21(27)8-5-19/h4-9,15,18,23,25H,10-14,16-17H2,1-3H3,(H,28,31). The Morgan fingerprint density at radius 3 is 2.69 bits per heavy atom. The van der Waals surface area contributed by atoms with Gasteiger partial charge in [-0.2, -0.15) is 0 Å². The SMILES string of the molecule is COc1ccc2c(c1)N1CCN(Cc3ccc(Cl)cc3)CC1C(C(=O)NCCC(C)C)C2. The van der Waals surface area contributed by atoms with Crippen LogP contribution in [0.25, 0.3) is 0 Å². The van der Waals surface area contributed by atoms with Gasteiger partial charge in [-0.05, 0) is 48.1 Å². The first kappa shape index (κ1) is 22.9. The van der Waals surface area contributed by atoms with E-state index in [2.05, 4.69) is 53.2 Å². The lowest BCUT2D eigenvalue weighted by Crippen LogP contribution is -2.60. The van der Waals surface area contributed by atoms with Crippen molar-refractivity contribution in [2.45, 2.75) is 39.3 Å². The molecule has 0 aromatic heterocycles. The van der Waals surface area contributed by atoms with Crippen molar-refractivity contribution in [1.82, 2.24) is 10.2 Å². The van der Waals surface area contributed by atoms with Gasteiger partial charge in [-0.15, -0.1) is 0 Å². The number of methoxy groups -OCH3 is 1. The Morgan fingerprint density at radius 2 is 1.97 bits per heavy atom. The third-order valence-electron chi connectivity index (χ3n) is 6.69. The van der Waals surface area contributed by atoms with E-state index in [1.165, 1.54) is 16.8 Å². The van der Waals surface area contributed by atoms with Crippen molar-refractivity contribution in [3.63, 3.8) is 0 Å². The molecule has 2 heterocycles. The van der Waals surface area contributed by atoms with Crippen molar-refractivity contribution < 1.29 is 9.53 Å². The summed E-state index contributed by atoms with van der Waals surface area (Å²) in [5.74, 6) is 1.56. The predicted octanol–water partition coefficient (Wildman–Crippen LogP) is 4.37. The lowest BCUT2D eigenvalue weighted by molar-refractivity contribution is -0.126. The van der Waals surface area contributed by atoms with Gasteiger partial charge in [0.05, 0.1) is 19.1 Å². The van der Waals surface area contributed by atoms with Gasteiger partial charge in [0.25, 0.3) is 0 Å². The molecule has 6 heteroatoms. The largest absolute Gasteiger partial charge is 0.497 e. The number of ether oxygens (including phenoxy) is 1. The van der Waals surface area contributed by atoms with Crippen LogP contribution >= 0.6 is 11.6 Å². The Kier molecular flexibility index (Phi) is 7.27. The first-order valence-corrected chi connectivity index (χ1v) is 12.0. The second-order valence-corrected chi connectivity index (χ2v) is 9.84. The first-order chi connectivity index (χ1) is 15.4. The maximum Gasteiger partial charge on any atom is 0.225 e. The van der Waals surface area contributed by atoms with E-state index in [0.29, 0.717) is 5.92 Å². The van der Waals surface area contributed by atoms with E-state index < -0.39 is 0 Å². The molecule has 2 unspecified atom stereocenters. The Labute approximate surface area is 196 Å². The molecule has 0 saturated carbocycles. The van der Waals surface area contributed by atoms with E-state index in [-0.39, 0.29) is 17.9 Å². The number of hydrogen-bond acceptors (Lipinski definition) is 4. The number of anilines is 1. The summed E-state index contributed by atoms with van der Waals surface area (Å²) in [7, 11) is 1.71. The fourth-order valence-electron chi connectivity index (χ4n) is 4.87. The van der Waals surface area contributed by atoms with Crippen LogP contribution in [0.5, 0.6) is 5.75 Å². The van der Waals surface area contributed by atoms with Crippen LogP contribution in [0, 0.1) is 11.8 Å². The van der Waals surface area contributed by atoms with Gasteiger partial charge >= 0.3 is 0 Å². The average molecular weight is 456 g/mol. The average Bonchev–Trinajstić information content (AvgIpc) is 2.79. The quantitative estimate of drug-likeness (QED) is 0.673. The number of fused-ring (bicyclic) bond motifs is 3. The molecule has 0 aliphatic carbocycles. The van der Waals surface area contributed by atoms with E-state index in [1.54, 1.807) is 7.11 Å². The van der Waals surface area contributed by atoms with Crippen LogP contribution in [0.3, 0.4) is 0 Å². The van der Waals surface area contributed by atoms with Crippen molar-refractivity contribution in [1.29, 1.82) is 0 Å². The molecule has 1 N–H and O–H groups in total. The summed E-state index contributed by atoms with van der Waals surface area (Å²) < 4.78 is 5.49. The fraction of sp³-hybridized carbons (Fsp3) is 0.500. The monoisotopic (exact) mass is 455 g/mol. The zero-order chi connectivity index (χ0) is 22.7. The Bertz CT molecular complexity index is 931. The molecule has 5 nitrogen and oxygen atoms in total. The molecular formula is C26H34ClN3O2. The number of halogens is 1. The van der Waals surface area contributed by atoms with E-state index in [0.717, 1.165) is 56.3 Å². The van der Waals surface area contributed by atoms with Crippen LogP contribution < -0.4 is 15.0 Å². The van der Waals surface area contributed by atoms with Crippen LogP contribution in [0.4, 0.5) is 5.69 Å². The number of benzene rings is 2. The predicted molar refractivity (Wildman–Crippen MR) is 131 cm³/mol. The minimum atomic E-state index is -0.0592. The molecule has 1 saturated heterocycles. The van der Waals surface area contributed by atoms with E-state index in [4.69, 9.17) is 16.3 Å². The molecule has 2 aromatic carbocycles. The summed E-state index contributed by atoms with van der Waals surface area (Å²) in [6, 6.07) is 14.5. The normalized spacial score (nSPS) is 20.6. The van der Waals surface area contributed by atoms with Crippen molar-refractivity contribution in [3.05, 3.63) is 58.6 Å². The number of carbonyl (C=O) groups excluding carboxylic acids is 1. The fourth-order valence-corrected chi connectivity index (χ4v) is 5.00. The highest BCUT2D eigenvalue weighted by Gasteiger charge is 2.41. The second-order valence-electron chi connectivity index (χ2n) is 9.40. The lowest BCUT2D eigenvalue weighted by atomic mass is 9.83. The van der Waals surface area contributed by atoms with Gasteiger partial charge in [-0.1, -0.05) is 43.6 Å². The van der Waals surface area contributed by atoms with Crippen molar-refractivity contribution >= 4 is 23.2 Å². The van der Waals surface area contributed by atoms with Gasteiger partial charge in [0.2, 0.25) is 5.91 Å². The van der Waals surface area contributed by atoms with Crippen LogP contribution in [-0.2, 0) is 17.8 Å². The molecule has 0 bridgehead atoms. The number of rotatable bonds is 7. The van der Waals surface area contributed by atoms with Crippen molar-refractivity contribution in [2.75, 3.05) is 38.2 Å². The third kappa shape index (κ3) is 5.21. The van der Waals surface area contributed by atoms with E-state index in [1.807, 2.05) is 18.2 Å². The van der Waals surface area contributed by atoms with Crippen LogP contribution in [-0.4, -0.2) is 50.1 Å². The zero-order valence-electron chi connectivity index (χ0n) is 19.3. The number of carbonyl (C=O) groups is 1. The molecular weight excluding hydrogens is 422 g/mol. The minimum absolute atomic E-state index is 0.0592. The van der Waals surface area contributed by atoms with Gasteiger partial charge < -0.3 is 15.0 Å². The Hall–Kier alpha value is -2.24. The summed E-state index contributed by atoms with van der Waals surface area (Å²) in [5, 5.41) is 3.98. The van der Waals surface area contributed by atoms with Crippen molar-refractivity contribution in [2.24, 2.45) is 11.8 Å². The van der Waals surface area contributed by atoms with Crippen LogP contribution in [0.15, 0.2) is 42.5 Å². The second kappa shape index (κ2) is 10.1. The highest BCUT2D eigenvalue weighted by molar-refractivity contribution is 6.30. The van der Waals surface area contributed by atoms with Gasteiger partial charge in [-0.25, -0.2) is 0 Å². The lowest BCUT2D eigenvalue weighted by Gasteiger charge is -2.49. The molecule has 172 valence electrons. The molecule has 1 fully saturated rings. The summed E-state index contributed by atoms with van der Waals surface area (Å²) in [5.41, 5.74) is 3.70. The number of hydrogen-bond donors (Lipinski definition) is 1. The summed E-state index contributed by atoms with van der Waals surface area (Å²) in [4.78, 5) is 18.2. The van der Waals surface area contributed by atoms with Crippen LogP contribution in [0.1, 0.15) is 31.4 Å². The van der Waals surface area contributed by atoms with Crippen LogP contribution in [0.2, 0.25) is 5.02 Å². The highest BCUT2D eigenvalue weighted by Crippen LogP contribution is 2.38. The van der Waals surface area contributed by atoms with Gasteiger partial charge in [0.15, 0.2) is 0 Å². The van der Waals surface area contributed by atoms with Gasteiger partial charge in [-0.3, -0.25) is 9.69 Å². The summed E-state index contributed by atoms with van der Waals surface area (Å²) in [6.07, 6.45) is 1.77. The number of nitrogens with one attached hydrogen (secondary N) is 1. The maximum atomic E-state index is 13.3. The molecule has 0 spiro atoms. The van der Waals surface area contributed by atoms with E-state index >= 15 is 0 Å². The molecule has 1 amide bonds. The first-order valence-electron chi connectivity index (χ1n) is 11.6. The van der Waals surface area contributed by atoms with E-state index in [9.17, 15) is 4.79 Å². The molecule has 4 rings (SSSR count). The van der Waals surface area contributed by atoms with Gasteiger partial charge in [0, 0.05) is 49.5 Å². The van der Waals surface area contributed by atoms with Gasteiger partial charge in [0.1, 0.15) is 5.75 Å². The topological polar surface area (TPSA) is 44.8 Å². The Morgan fingerprint density at radius 1 is 1.19 bits per heavy atom. The molecule has 2 aromatic rings. The maximum absolute atomic E-state index is 13.3. The molecule has 2 aliphatic rings. The number of piperazine rings is 1. The molecule has 32 heavy (non-hydrogen) atoms. The smallest absolute Gasteiger partial charge is 0.225 e. The number of nitrogens with zero attached hydrogens (tertiary/aromatic N) is 2. The Balaban J connectivity index is 1.55. The molecule has 2 aliphatic heterocycles. The zero-order valence-corrected chi connectivity index (χ0v) is 20.1. The summed E-state index contributed by atoms with van der Waals surface area (Å²) >= 11 is 6.06. The molecule has 2 atom stereocenters.